The number of ether oxygens (including phenoxy) is 1. The van der Waals surface area contributed by atoms with Crippen molar-refractivity contribution in [1.82, 2.24) is 0 Å². The highest BCUT2D eigenvalue weighted by Gasteiger charge is 2.40. The predicted octanol–water partition coefficient (Wildman–Crippen LogP) is 4.95. The van der Waals surface area contributed by atoms with Crippen molar-refractivity contribution in [3.8, 4) is 0 Å². The summed E-state index contributed by atoms with van der Waals surface area (Å²) in [5.41, 5.74) is 0.334. The largest absolute Gasteiger partial charge is 0.456 e. The zero-order chi connectivity index (χ0) is 17.3. The van der Waals surface area contributed by atoms with E-state index in [4.69, 9.17) is 39.5 Å². The number of halogens is 3. The van der Waals surface area contributed by atoms with Gasteiger partial charge in [0.15, 0.2) is 6.61 Å². The number of nitrogens with one attached hydrogen (secondary N) is 1. The molecule has 7 heteroatoms. The first-order valence-corrected chi connectivity index (χ1v) is 9.15. The van der Waals surface area contributed by atoms with Crippen LogP contribution in [-0.4, -0.2) is 18.5 Å². The Morgan fingerprint density at radius 3 is 2.50 bits per heavy atom. The van der Waals surface area contributed by atoms with Crippen LogP contribution in [0.4, 0.5) is 5.69 Å². The van der Waals surface area contributed by atoms with Gasteiger partial charge < -0.3 is 10.1 Å². The SMILES string of the molecule is O=C(COC(=O)C[C@H]1C[C@@H]2CC[C@H]1C2)Nc1cc(Cl)c(Cl)cc1Cl. The van der Waals surface area contributed by atoms with Gasteiger partial charge in [0.05, 0.1) is 20.8 Å². The molecule has 3 rings (SSSR count). The van der Waals surface area contributed by atoms with Crippen molar-refractivity contribution < 1.29 is 14.3 Å². The molecule has 2 aliphatic rings. The second-order valence-electron chi connectivity index (χ2n) is 6.59. The molecule has 3 atom stereocenters. The number of fused-ring (bicyclic) bond motifs is 2. The molecule has 0 spiro atoms. The van der Waals surface area contributed by atoms with Gasteiger partial charge in [-0.15, -0.1) is 0 Å². The molecule has 2 saturated carbocycles. The lowest BCUT2D eigenvalue weighted by molar-refractivity contribution is -0.148. The molecule has 0 radical (unpaired) electrons. The molecule has 0 unspecified atom stereocenters. The van der Waals surface area contributed by atoms with E-state index in [0.717, 1.165) is 12.3 Å². The lowest BCUT2D eigenvalue weighted by atomic mass is 9.86. The van der Waals surface area contributed by atoms with E-state index in [-0.39, 0.29) is 22.6 Å². The molecule has 2 bridgehead atoms. The third-order valence-electron chi connectivity index (χ3n) is 4.96. The molecule has 0 aliphatic heterocycles. The van der Waals surface area contributed by atoms with Crippen LogP contribution in [0.25, 0.3) is 0 Å². The van der Waals surface area contributed by atoms with Gasteiger partial charge in [-0.3, -0.25) is 9.59 Å². The fourth-order valence-corrected chi connectivity index (χ4v) is 4.44. The predicted molar refractivity (Wildman–Crippen MR) is 94.6 cm³/mol. The van der Waals surface area contributed by atoms with Crippen LogP contribution >= 0.6 is 34.8 Å². The number of rotatable bonds is 5. The summed E-state index contributed by atoms with van der Waals surface area (Å²) in [6.45, 7) is -0.337. The molecule has 130 valence electrons. The van der Waals surface area contributed by atoms with E-state index >= 15 is 0 Å². The van der Waals surface area contributed by atoms with Crippen LogP contribution in [0.3, 0.4) is 0 Å². The van der Waals surface area contributed by atoms with Crippen LogP contribution in [0, 0.1) is 17.8 Å². The smallest absolute Gasteiger partial charge is 0.306 e. The van der Waals surface area contributed by atoms with Crippen molar-refractivity contribution in [2.75, 3.05) is 11.9 Å². The molecule has 0 aromatic heterocycles. The summed E-state index contributed by atoms with van der Waals surface area (Å²) >= 11 is 17.7. The minimum absolute atomic E-state index is 0.269. The van der Waals surface area contributed by atoms with Crippen molar-refractivity contribution in [3.63, 3.8) is 0 Å². The molecule has 2 fully saturated rings. The average Bonchev–Trinajstić information content (AvgIpc) is 3.13. The second-order valence-corrected chi connectivity index (χ2v) is 7.82. The van der Waals surface area contributed by atoms with Crippen LogP contribution in [0.2, 0.25) is 15.1 Å². The highest BCUT2D eigenvalue weighted by molar-refractivity contribution is 6.44. The lowest BCUT2D eigenvalue weighted by Crippen LogP contribution is -2.23. The van der Waals surface area contributed by atoms with Gasteiger partial charge in [0.25, 0.3) is 5.91 Å². The Labute approximate surface area is 155 Å². The van der Waals surface area contributed by atoms with Crippen molar-refractivity contribution in [3.05, 3.63) is 27.2 Å². The minimum Gasteiger partial charge on any atom is -0.456 e. The molecule has 24 heavy (non-hydrogen) atoms. The Hall–Kier alpha value is -0.970. The molecule has 1 aromatic rings. The van der Waals surface area contributed by atoms with E-state index in [1.807, 2.05) is 0 Å². The van der Waals surface area contributed by atoms with Crippen LogP contribution in [0.15, 0.2) is 12.1 Å². The number of esters is 1. The maximum absolute atomic E-state index is 11.9. The Kier molecular flexibility index (Phi) is 5.58. The Morgan fingerprint density at radius 2 is 1.83 bits per heavy atom. The van der Waals surface area contributed by atoms with E-state index < -0.39 is 5.91 Å². The van der Waals surface area contributed by atoms with Gasteiger partial charge >= 0.3 is 5.97 Å². The summed E-state index contributed by atoms with van der Waals surface area (Å²) in [6, 6.07) is 2.91. The molecule has 0 heterocycles. The van der Waals surface area contributed by atoms with E-state index in [1.165, 1.54) is 31.4 Å². The van der Waals surface area contributed by atoms with Gasteiger partial charge in [0, 0.05) is 6.42 Å². The summed E-state index contributed by atoms with van der Waals surface area (Å²) in [4.78, 5) is 23.8. The quantitative estimate of drug-likeness (QED) is 0.571. The summed E-state index contributed by atoms with van der Waals surface area (Å²) in [5.74, 6) is 1.09. The average molecular weight is 391 g/mol. The van der Waals surface area contributed by atoms with Gasteiger partial charge in [-0.25, -0.2) is 0 Å². The van der Waals surface area contributed by atoms with Gasteiger partial charge in [0.1, 0.15) is 0 Å². The molecule has 1 amide bonds. The number of carbonyl (C=O) groups excluding carboxylic acids is 2. The lowest BCUT2D eigenvalue weighted by Gasteiger charge is -2.20. The van der Waals surface area contributed by atoms with E-state index in [2.05, 4.69) is 5.32 Å². The van der Waals surface area contributed by atoms with Gasteiger partial charge in [-0.1, -0.05) is 41.2 Å². The van der Waals surface area contributed by atoms with Crippen LogP contribution in [0.5, 0.6) is 0 Å². The minimum atomic E-state index is -0.461. The fraction of sp³-hybridized carbons (Fsp3) is 0.529. The summed E-state index contributed by atoms with van der Waals surface area (Å²) < 4.78 is 5.09. The number of anilines is 1. The van der Waals surface area contributed by atoms with Gasteiger partial charge in [0.2, 0.25) is 0 Å². The highest BCUT2D eigenvalue weighted by Crippen LogP contribution is 2.49. The van der Waals surface area contributed by atoms with Crippen molar-refractivity contribution >= 4 is 52.4 Å². The Balaban J connectivity index is 1.45. The first kappa shape index (κ1) is 17.8. The Morgan fingerprint density at radius 1 is 1.08 bits per heavy atom. The third-order valence-corrected chi connectivity index (χ3v) is 6.00. The van der Waals surface area contributed by atoms with Crippen molar-refractivity contribution in [2.45, 2.75) is 32.1 Å². The number of amides is 1. The maximum Gasteiger partial charge on any atom is 0.306 e. The van der Waals surface area contributed by atoms with E-state index in [0.29, 0.717) is 29.0 Å². The van der Waals surface area contributed by atoms with E-state index in [9.17, 15) is 9.59 Å². The molecule has 1 N–H and O–H groups in total. The first-order valence-electron chi connectivity index (χ1n) is 8.02. The standard InChI is InChI=1S/C17H18Cl3NO3/c18-12-6-14(20)15(7-13(12)19)21-16(22)8-24-17(23)5-11-4-9-1-2-10(11)3-9/h6-7,9-11H,1-5,8H2,(H,21,22)/t9-,10+,11-/m1/s1. The summed E-state index contributed by atoms with van der Waals surface area (Å²) in [5, 5.41) is 3.42. The Bertz CT molecular complexity index is 665. The van der Waals surface area contributed by atoms with Crippen LogP contribution in [0.1, 0.15) is 32.1 Å². The second kappa shape index (κ2) is 7.51. The number of hydrogen-bond donors (Lipinski definition) is 1. The van der Waals surface area contributed by atoms with E-state index in [1.54, 1.807) is 0 Å². The number of benzene rings is 1. The molecular formula is C17H18Cl3NO3. The zero-order valence-corrected chi connectivity index (χ0v) is 15.3. The normalized spacial score (nSPS) is 24.9. The van der Waals surface area contributed by atoms with Crippen molar-refractivity contribution in [1.29, 1.82) is 0 Å². The maximum atomic E-state index is 11.9. The molecular weight excluding hydrogens is 373 g/mol. The first-order chi connectivity index (χ1) is 11.4. The molecule has 4 nitrogen and oxygen atoms in total. The van der Waals surface area contributed by atoms with Gasteiger partial charge in [-0.2, -0.15) is 0 Å². The molecule has 1 aromatic carbocycles. The molecule has 0 saturated heterocycles. The highest BCUT2D eigenvalue weighted by atomic mass is 35.5. The zero-order valence-electron chi connectivity index (χ0n) is 13.0. The number of hydrogen-bond acceptors (Lipinski definition) is 3. The fourth-order valence-electron chi connectivity index (χ4n) is 3.85. The summed E-state index contributed by atoms with van der Waals surface area (Å²) in [7, 11) is 0. The summed E-state index contributed by atoms with van der Waals surface area (Å²) in [6.07, 6.45) is 5.28. The topological polar surface area (TPSA) is 55.4 Å². The van der Waals surface area contributed by atoms with Crippen molar-refractivity contribution in [2.24, 2.45) is 17.8 Å². The number of carbonyl (C=O) groups is 2. The van der Waals surface area contributed by atoms with Crippen LogP contribution in [-0.2, 0) is 14.3 Å². The van der Waals surface area contributed by atoms with Gasteiger partial charge in [-0.05, 0) is 49.1 Å². The van der Waals surface area contributed by atoms with Crippen LogP contribution < -0.4 is 5.32 Å². The molecule has 2 aliphatic carbocycles. The third kappa shape index (κ3) is 4.16. The monoisotopic (exact) mass is 389 g/mol.